The smallest absolute Gasteiger partial charge is 0.326 e. The molecule has 0 radical (unpaired) electrons. The van der Waals surface area contributed by atoms with Gasteiger partial charge in [0.2, 0.25) is 65.0 Å². The monoisotopic (exact) mass is 1280 g/mol. The summed E-state index contributed by atoms with van der Waals surface area (Å²) in [5.74, 6) is -11.0. The largest absolute Gasteiger partial charge is 0.480 e. The molecule has 2 aromatic heterocycles. The first-order chi connectivity index (χ1) is 43.3. The molecule has 29 heteroatoms. The molecule has 5 aromatic rings. The minimum atomic E-state index is -1.48. The number of aromatic amines is 2. The number of unbranched alkanes of at least 4 members (excludes halogenated alkanes) is 1. The number of benzene rings is 3. The van der Waals surface area contributed by atoms with Crippen molar-refractivity contribution >= 4 is 105 Å². The first kappa shape index (κ1) is 72.4. The van der Waals surface area contributed by atoms with Gasteiger partial charge in [0, 0.05) is 65.6 Å². The molecule has 0 bridgehead atoms. The van der Waals surface area contributed by atoms with Gasteiger partial charge in [-0.2, -0.15) is 12.6 Å². The number of H-pyrrole nitrogens is 2. The zero-order valence-electron chi connectivity index (χ0n) is 51.5. The lowest BCUT2D eigenvalue weighted by Crippen LogP contribution is -2.60. The third kappa shape index (κ3) is 22.3. The number of aliphatic carboxylic acids is 1. The highest BCUT2D eigenvalue weighted by molar-refractivity contribution is 7.80. The Morgan fingerprint density at radius 3 is 1.51 bits per heavy atom. The van der Waals surface area contributed by atoms with Gasteiger partial charge in [-0.1, -0.05) is 87.0 Å². The van der Waals surface area contributed by atoms with E-state index in [9.17, 15) is 62.6 Å². The van der Waals surface area contributed by atoms with Gasteiger partial charge in [-0.15, -0.1) is 0 Å². The van der Waals surface area contributed by atoms with E-state index < -0.39 is 144 Å². The number of rotatable bonds is 37. The van der Waals surface area contributed by atoms with E-state index in [-0.39, 0.29) is 50.8 Å². The summed E-state index contributed by atoms with van der Waals surface area (Å²) in [7, 11) is 0. The molecule has 0 aliphatic rings. The van der Waals surface area contributed by atoms with Crippen molar-refractivity contribution in [2.75, 3.05) is 18.8 Å². The summed E-state index contributed by atoms with van der Waals surface area (Å²) in [5.41, 5.74) is 20.3. The molecule has 492 valence electrons. The number of carbonyl (C=O) groups excluding carboxylic acids is 11. The van der Waals surface area contributed by atoms with E-state index in [4.69, 9.17) is 17.2 Å². The molecule has 0 saturated heterocycles. The zero-order valence-corrected chi connectivity index (χ0v) is 52.4. The Morgan fingerprint density at radius 2 is 0.978 bits per heavy atom. The van der Waals surface area contributed by atoms with E-state index in [1.165, 1.54) is 20.8 Å². The van der Waals surface area contributed by atoms with Gasteiger partial charge in [0.1, 0.15) is 54.4 Å². The van der Waals surface area contributed by atoms with Crippen LogP contribution in [-0.2, 0) is 76.8 Å². The van der Waals surface area contributed by atoms with Crippen LogP contribution in [0.15, 0.2) is 91.3 Å². The van der Waals surface area contributed by atoms with Gasteiger partial charge in [0.25, 0.3) is 0 Å². The second kappa shape index (κ2) is 35.7. The summed E-state index contributed by atoms with van der Waals surface area (Å²) in [5, 5.41) is 37.1. The number of aromatic nitrogens is 2. The summed E-state index contributed by atoms with van der Waals surface area (Å²) in [6, 6.07) is 10.1. The minimum Gasteiger partial charge on any atom is -0.480 e. The first-order valence-corrected chi connectivity index (χ1v) is 30.7. The average molecular weight is 1280 g/mol. The molecule has 91 heavy (non-hydrogen) atoms. The minimum absolute atomic E-state index is 0.00215. The number of carbonyl (C=O) groups is 12. The Balaban J connectivity index is 1.27. The van der Waals surface area contributed by atoms with Crippen molar-refractivity contribution in [1.82, 2.24) is 63.1 Å². The summed E-state index contributed by atoms with van der Waals surface area (Å²) in [6.45, 7) is 7.03. The van der Waals surface area contributed by atoms with Gasteiger partial charge in [-0.25, -0.2) is 4.79 Å². The number of primary amides is 1. The molecule has 0 aliphatic carbocycles. The van der Waals surface area contributed by atoms with Crippen molar-refractivity contribution in [2.45, 2.75) is 153 Å². The Kier molecular flexibility index (Phi) is 28.4. The predicted molar refractivity (Wildman–Crippen MR) is 342 cm³/mol. The summed E-state index contributed by atoms with van der Waals surface area (Å²) in [4.78, 5) is 168. The Hall–Kier alpha value is -9.35. The second-order valence-electron chi connectivity index (χ2n) is 22.4. The van der Waals surface area contributed by atoms with Crippen molar-refractivity contribution in [3.63, 3.8) is 0 Å². The fourth-order valence-corrected chi connectivity index (χ4v) is 9.96. The van der Waals surface area contributed by atoms with Gasteiger partial charge in [0.15, 0.2) is 0 Å². The maximum absolute atomic E-state index is 14.6. The van der Waals surface area contributed by atoms with E-state index in [1.807, 2.05) is 42.5 Å². The van der Waals surface area contributed by atoms with Crippen molar-refractivity contribution in [2.24, 2.45) is 23.1 Å². The lowest BCUT2D eigenvalue weighted by molar-refractivity contribution is -0.142. The van der Waals surface area contributed by atoms with E-state index in [1.54, 1.807) is 62.6 Å². The fraction of sp³-hybridized carbons (Fsp3) is 0.452. The molecular weight excluding hydrogens is 1190 g/mol. The highest BCUT2D eigenvalue weighted by atomic mass is 32.1. The van der Waals surface area contributed by atoms with Gasteiger partial charge < -0.3 is 85.4 Å². The van der Waals surface area contributed by atoms with Gasteiger partial charge in [0.05, 0.1) is 12.6 Å². The molecule has 0 saturated carbocycles. The zero-order chi connectivity index (χ0) is 66.9. The van der Waals surface area contributed by atoms with Gasteiger partial charge >= 0.3 is 5.97 Å². The SMILES string of the molecule is CC[C@H](C)[C@H](NC(=O)CNC(=O)[C@H](C)NC(=O)[C@H](Cc1c[nH]c2ccccc12)NC(=O)[C@H](Cc1c[nH]c2ccccc12)NC(=O)[C@H](CS)NC(=O)[C@H](C)N)C(=O)N[C@@H](CCCCN)C(=O)N[C@@H](CCC(N)=O)C(=O)N[C@@H](C)C(=O)N[C@@H](Cc1ccccc1)C(=O)O. The molecule has 19 N–H and O–H groups in total. The lowest BCUT2D eigenvalue weighted by atomic mass is 9.97. The Morgan fingerprint density at radius 1 is 0.516 bits per heavy atom. The highest BCUT2D eigenvalue weighted by Gasteiger charge is 2.35. The Bertz CT molecular complexity index is 3360. The van der Waals surface area contributed by atoms with Crippen LogP contribution in [0.3, 0.4) is 0 Å². The van der Waals surface area contributed by atoms with Crippen molar-refractivity contribution < 1.29 is 62.6 Å². The number of nitrogens with two attached hydrogens (primary N) is 3. The second-order valence-corrected chi connectivity index (χ2v) is 22.8. The number of para-hydroxylation sites is 2. The molecular formula is C62H85N15O13S. The van der Waals surface area contributed by atoms with Crippen LogP contribution in [-0.4, -0.2) is 165 Å². The number of nitrogens with one attached hydrogen (secondary N) is 12. The van der Waals surface area contributed by atoms with Crippen LogP contribution >= 0.6 is 12.6 Å². The lowest BCUT2D eigenvalue weighted by Gasteiger charge is -2.28. The number of thiol groups is 1. The number of carboxylic acid groups (broad SMARTS) is 1. The van der Waals surface area contributed by atoms with Crippen LogP contribution in [0.2, 0.25) is 0 Å². The summed E-state index contributed by atoms with van der Waals surface area (Å²) < 4.78 is 0. The van der Waals surface area contributed by atoms with Crippen LogP contribution < -0.4 is 70.4 Å². The summed E-state index contributed by atoms with van der Waals surface area (Å²) in [6.07, 6.45) is 3.48. The molecule has 0 aliphatic heterocycles. The third-order valence-corrected chi connectivity index (χ3v) is 15.6. The van der Waals surface area contributed by atoms with E-state index in [0.29, 0.717) is 36.0 Å². The number of amides is 11. The average Bonchev–Trinajstić information content (AvgIpc) is 2.22. The van der Waals surface area contributed by atoms with E-state index in [0.717, 1.165) is 21.8 Å². The van der Waals surface area contributed by atoms with E-state index >= 15 is 0 Å². The topological polar surface area (TPSA) is 455 Å². The van der Waals surface area contributed by atoms with Crippen LogP contribution in [0, 0.1) is 5.92 Å². The molecule has 2 heterocycles. The van der Waals surface area contributed by atoms with Gasteiger partial charge in [-0.05, 0) is 87.7 Å². The van der Waals surface area contributed by atoms with Crippen LogP contribution in [0.25, 0.3) is 21.8 Å². The van der Waals surface area contributed by atoms with Gasteiger partial charge in [-0.3, -0.25) is 52.7 Å². The quantitative estimate of drug-likeness (QED) is 0.0168. The first-order valence-electron chi connectivity index (χ1n) is 30.1. The number of hydrogen-bond donors (Lipinski definition) is 17. The number of fused-ring (bicyclic) bond motifs is 2. The Labute approximate surface area is 531 Å². The molecule has 0 fully saturated rings. The maximum Gasteiger partial charge on any atom is 0.326 e. The number of carboxylic acids is 1. The maximum atomic E-state index is 14.6. The van der Waals surface area contributed by atoms with Crippen molar-refractivity contribution in [3.8, 4) is 0 Å². The van der Waals surface area contributed by atoms with Crippen LogP contribution in [0.4, 0.5) is 0 Å². The predicted octanol–water partition coefficient (Wildman–Crippen LogP) is -1.00. The van der Waals surface area contributed by atoms with Crippen molar-refractivity contribution in [1.29, 1.82) is 0 Å². The molecule has 5 rings (SSSR count). The number of hydrogen-bond acceptors (Lipinski definition) is 15. The molecule has 0 spiro atoms. The standard InChI is InChI=1S/C62H85N15O13S/c1-6-33(2)52(61(88)72-44(22-14-15-25-63)57(84)71-45(23-24-50(65)78)56(83)70-36(5)55(82)75-48(62(89)90)26-37-16-8-7-9-17-37)77-51(79)31-68-54(81)35(4)69-58(85)46(27-38-29-66-42-20-12-10-18-40(38)42)73-59(86)47(28-39-30-67-43-21-13-11-19-41(39)43)74-60(87)49(32-91)76-53(80)34(3)64/h7-13,16-21,29-30,33-36,44-49,52,66-67,91H,6,14-15,22-28,31-32,63-64H2,1-5H3,(H2,65,78)(H,68,81)(H,69,85)(H,70,83)(H,71,84)(H,72,88)(H,73,86)(H,74,87)(H,75,82)(H,76,80)(H,77,79)(H,89,90)/t33-,34-,35-,36-,44-,45-,46-,47-,48-,49-,52-/m0/s1. The molecule has 28 nitrogen and oxygen atoms in total. The van der Waals surface area contributed by atoms with E-state index in [2.05, 4.69) is 75.8 Å². The fourth-order valence-electron chi connectivity index (χ4n) is 9.70. The summed E-state index contributed by atoms with van der Waals surface area (Å²) >= 11 is 4.26. The molecule has 11 atom stereocenters. The third-order valence-electron chi connectivity index (χ3n) is 15.2. The molecule has 3 aromatic carbocycles. The normalized spacial score (nSPS) is 14.8. The highest BCUT2D eigenvalue weighted by Crippen LogP contribution is 2.22. The van der Waals surface area contributed by atoms with Crippen LogP contribution in [0.1, 0.15) is 89.8 Å². The van der Waals surface area contributed by atoms with Crippen LogP contribution in [0.5, 0.6) is 0 Å². The molecule has 0 unspecified atom stereocenters. The molecule has 11 amide bonds. The van der Waals surface area contributed by atoms with Crippen molar-refractivity contribution in [3.05, 3.63) is 108 Å².